The van der Waals surface area contributed by atoms with E-state index >= 15 is 0 Å². The van der Waals surface area contributed by atoms with Gasteiger partial charge in [-0.15, -0.1) is 0 Å². The number of fused-ring (bicyclic) bond motifs is 1. The van der Waals surface area contributed by atoms with Crippen molar-refractivity contribution < 1.29 is 9.53 Å². The molecule has 1 N–H and O–H groups in total. The minimum atomic E-state index is -0.258. The number of ether oxygens (including phenoxy) is 1. The van der Waals surface area contributed by atoms with Crippen molar-refractivity contribution in [3.8, 4) is 5.75 Å². The van der Waals surface area contributed by atoms with Crippen LogP contribution >= 0.6 is 0 Å². The Kier molecular flexibility index (Phi) is 5.36. The van der Waals surface area contributed by atoms with E-state index in [4.69, 9.17) is 9.72 Å². The number of hydrogen-bond donors (Lipinski definition) is 1. The Hall–Kier alpha value is -4.39. The summed E-state index contributed by atoms with van der Waals surface area (Å²) < 4.78 is 5.28. The second-order valence-electron chi connectivity index (χ2n) is 7.66. The summed E-state index contributed by atoms with van der Waals surface area (Å²) in [6, 6.07) is 26.3. The van der Waals surface area contributed by atoms with Gasteiger partial charge in [0.1, 0.15) is 5.75 Å². The van der Waals surface area contributed by atoms with Gasteiger partial charge in [0, 0.05) is 23.1 Å². The number of hydrogen-bond acceptors (Lipinski definition) is 5. The first-order valence-corrected chi connectivity index (χ1v) is 10.7. The quantitative estimate of drug-likeness (QED) is 0.410. The van der Waals surface area contributed by atoms with E-state index in [0.717, 1.165) is 28.4 Å². The summed E-state index contributed by atoms with van der Waals surface area (Å²) in [6.07, 6.45) is 1.79. The van der Waals surface area contributed by atoms with Gasteiger partial charge in [0.2, 0.25) is 5.95 Å². The van der Waals surface area contributed by atoms with E-state index in [1.165, 1.54) is 0 Å². The van der Waals surface area contributed by atoms with Crippen LogP contribution in [0.15, 0.2) is 91.1 Å². The van der Waals surface area contributed by atoms with Crippen LogP contribution in [-0.4, -0.2) is 23.1 Å². The minimum absolute atomic E-state index is 0.185. The van der Waals surface area contributed by atoms with Crippen LogP contribution < -0.4 is 19.9 Å². The topological polar surface area (TPSA) is 70.6 Å². The molecule has 1 aliphatic heterocycles. The molecule has 5 rings (SSSR count). The first-order chi connectivity index (χ1) is 16.2. The van der Waals surface area contributed by atoms with Gasteiger partial charge in [0.15, 0.2) is 5.82 Å². The molecular formula is C26H23N5O2. The molecule has 164 valence electrons. The molecule has 2 heterocycles. The third-order valence-corrected chi connectivity index (χ3v) is 5.64. The SMILES string of the molecule is COc1ccc(N2C(=O)N(c3ccccc3)c3nc(Nc4ccccc4)ncc3[C@H]2C)cc1. The van der Waals surface area contributed by atoms with Crippen molar-refractivity contribution in [3.05, 3.63) is 96.7 Å². The number of methoxy groups -OCH3 is 1. The number of nitrogens with one attached hydrogen (secondary N) is 1. The van der Waals surface area contributed by atoms with Crippen LogP contribution in [-0.2, 0) is 0 Å². The van der Waals surface area contributed by atoms with E-state index in [2.05, 4.69) is 10.3 Å². The fourth-order valence-corrected chi connectivity index (χ4v) is 3.96. The van der Waals surface area contributed by atoms with Gasteiger partial charge >= 0.3 is 6.03 Å². The summed E-state index contributed by atoms with van der Waals surface area (Å²) in [5.74, 6) is 1.73. The normalized spacial score (nSPS) is 15.2. The average molecular weight is 438 g/mol. The summed E-state index contributed by atoms with van der Waals surface area (Å²) in [5, 5.41) is 3.22. The maximum absolute atomic E-state index is 13.9. The molecule has 2 amide bonds. The molecule has 0 unspecified atom stereocenters. The summed E-state index contributed by atoms with van der Waals surface area (Å²) in [7, 11) is 1.62. The summed E-state index contributed by atoms with van der Waals surface area (Å²) >= 11 is 0. The third kappa shape index (κ3) is 3.85. The summed E-state index contributed by atoms with van der Waals surface area (Å²) in [6.45, 7) is 1.98. The molecule has 1 aliphatic rings. The van der Waals surface area contributed by atoms with Crippen LogP contribution in [0.1, 0.15) is 18.5 Å². The Balaban J connectivity index is 1.60. The van der Waals surface area contributed by atoms with Crippen LogP contribution in [0.5, 0.6) is 5.75 Å². The lowest BCUT2D eigenvalue weighted by atomic mass is 10.0. The second-order valence-corrected chi connectivity index (χ2v) is 7.66. The molecule has 0 spiro atoms. The lowest BCUT2D eigenvalue weighted by molar-refractivity contribution is 0.250. The zero-order valence-electron chi connectivity index (χ0n) is 18.3. The van der Waals surface area contributed by atoms with Gasteiger partial charge in [-0.2, -0.15) is 4.98 Å². The Bertz CT molecular complexity index is 1260. The summed E-state index contributed by atoms with van der Waals surface area (Å²) in [4.78, 5) is 26.6. The molecule has 1 aromatic heterocycles. The number of nitrogens with zero attached hydrogens (tertiary/aromatic N) is 4. The number of para-hydroxylation sites is 2. The molecule has 0 saturated heterocycles. The number of amides is 2. The van der Waals surface area contributed by atoms with E-state index in [-0.39, 0.29) is 12.1 Å². The maximum Gasteiger partial charge on any atom is 0.335 e. The smallest absolute Gasteiger partial charge is 0.335 e. The molecule has 4 aromatic rings. The monoisotopic (exact) mass is 437 g/mol. The third-order valence-electron chi connectivity index (χ3n) is 5.64. The number of anilines is 5. The largest absolute Gasteiger partial charge is 0.497 e. The Morgan fingerprint density at radius 1 is 0.879 bits per heavy atom. The molecule has 0 saturated carbocycles. The number of aromatic nitrogens is 2. The van der Waals surface area contributed by atoms with Crippen LogP contribution in [0.25, 0.3) is 0 Å². The van der Waals surface area contributed by atoms with Gasteiger partial charge in [-0.05, 0) is 55.5 Å². The highest BCUT2D eigenvalue weighted by Crippen LogP contribution is 2.42. The fourth-order valence-electron chi connectivity index (χ4n) is 3.96. The zero-order chi connectivity index (χ0) is 22.8. The molecular weight excluding hydrogens is 414 g/mol. The van der Waals surface area contributed by atoms with Crippen molar-refractivity contribution in [2.24, 2.45) is 0 Å². The Morgan fingerprint density at radius 2 is 1.55 bits per heavy atom. The molecule has 3 aromatic carbocycles. The van der Waals surface area contributed by atoms with E-state index in [0.29, 0.717) is 11.8 Å². The van der Waals surface area contributed by atoms with E-state index < -0.39 is 0 Å². The second kappa shape index (κ2) is 8.63. The van der Waals surface area contributed by atoms with Crippen LogP contribution in [0.4, 0.5) is 33.6 Å². The van der Waals surface area contributed by atoms with E-state index in [1.54, 1.807) is 23.1 Å². The van der Waals surface area contributed by atoms with Gasteiger partial charge in [0.25, 0.3) is 0 Å². The number of rotatable bonds is 5. The van der Waals surface area contributed by atoms with Gasteiger partial charge in [-0.1, -0.05) is 36.4 Å². The summed E-state index contributed by atoms with van der Waals surface area (Å²) in [5.41, 5.74) is 3.23. The van der Waals surface area contributed by atoms with Crippen molar-refractivity contribution in [2.75, 3.05) is 22.2 Å². The molecule has 7 heteroatoms. The van der Waals surface area contributed by atoms with Crippen molar-refractivity contribution in [3.63, 3.8) is 0 Å². The first kappa shape index (κ1) is 20.5. The highest BCUT2D eigenvalue weighted by molar-refractivity contribution is 6.11. The molecule has 0 fully saturated rings. The number of carbonyl (C=O) groups excluding carboxylic acids is 1. The van der Waals surface area contributed by atoms with Gasteiger partial charge in [0.05, 0.1) is 18.8 Å². The van der Waals surface area contributed by atoms with Gasteiger partial charge in [-0.3, -0.25) is 4.90 Å². The van der Waals surface area contributed by atoms with Gasteiger partial charge in [-0.25, -0.2) is 14.7 Å². The molecule has 1 atom stereocenters. The number of carbonyl (C=O) groups is 1. The van der Waals surface area contributed by atoms with Crippen molar-refractivity contribution >= 4 is 34.9 Å². The molecule has 7 nitrogen and oxygen atoms in total. The molecule has 0 aliphatic carbocycles. The minimum Gasteiger partial charge on any atom is -0.497 e. The van der Waals surface area contributed by atoms with E-state index in [9.17, 15) is 4.79 Å². The Morgan fingerprint density at radius 3 is 2.21 bits per heavy atom. The maximum atomic E-state index is 13.9. The van der Waals surface area contributed by atoms with Crippen molar-refractivity contribution in [1.29, 1.82) is 0 Å². The van der Waals surface area contributed by atoms with Crippen LogP contribution in [0, 0.1) is 0 Å². The first-order valence-electron chi connectivity index (χ1n) is 10.7. The predicted molar refractivity (Wildman–Crippen MR) is 130 cm³/mol. The molecule has 0 radical (unpaired) electrons. The lowest BCUT2D eigenvalue weighted by Crippen LogP contribution is -2.47. The highest BCUT2D eigenvalue weighted by Gasteiger charge is 2.39. The number of urea groups is 1. The number of benzene rings is 3. The zero-order valence-corrected chi connectivity index (χ0v) is 18.3. The predicted octanol–water partition coefficient (Wildman–Crippen LogP) is 6.07. The van der Waals surface area contributed by atoms with Crippen LogP contribution in [0.3, 0.4) is 0 Å². The molecule has 33 heavy (non-hydrogen) atoms. The Labute approximate surface area is 192 Å². The van der Waals surface area contributed by atoms with Crippen LogP contribution in [0.2, 0.25) is 0 Å². The standard InChI is InChI=1S/C26H23N5O2/c1-18-23-17-27-25(28-19-9-5-3-6-10-19)29-24(23)31(20-11-7-4-8-12-20)26(32)30(18)21-13-15-22(33-2)16-14-21/h3-18H,1-2H3,(H,27,28,29)/t18-/m1/s1. The van der Waals surface area contributed by atoms with E-state index in [1.807, 2.05) is 91.9 Å². The fraction of sp³-hybridized carbons (Fsp3) is 0.115. The van der Waals surface area contributed by atoms with Crippen molar-refractivity contribution in [2.45, 2.75) is 13.0 Å². The molecule has 0 bridgehead atoms. The highest BCUT2D eigenvalue weighted by atomic mass is 16.5. The average Bonchev–Trinajstić information content (AvgIpc) is 2.86. The van der Waals surface area contributed by atoms with Crippen molar-refractivity contribution in [1.82, 2.24) is 9.97 Å². The lowest BCUT2D eigenvalue weighted by Gasteiger charge is -2.40. The van der Waals surface area contributed by atoms with Gasteiger partial charge < -0.3 is 10.1 Å².